The van der Waals surface area contributed by atoms with E-state index in [9.17, 15) is 4.39 Å². The second-order valence-electron chi connectivity index (χ2n) is 6.92. The molecule has 4 nitrogen and oxygen atoms in total. The van der Waals surface area contributed by atoms with Crippen LogP contribution in [0.15, 0.2) is 67.0 Å². The normalized spacial score (nSPS) is 11.8. The van der Waals surface area contributed by atoms with Crippen molar-refractivity contribution in [1.82, 2.24) is 9.97 Å². The average Bonchev–Trinajstić information content (AvgIpc) is 2.78. The molecule has 0 aliphatic carbocycles. The van der Waals surface area contributed by atoms with Crippen molar-refractivity contribution in [3.05, 3.63) is 72.6 Å². The number of benzene rings is 2. The highest BCUT2D eigenvalue weighted by Crippen LogP contribution is 2.21. The van der Waals surface area contributed by atoms with E-state index < -0.39 is 6.17 Å². The van der Waals surface area contributed by atoms with E-state index in [-0.39, 0.29) is 0 Å². The number of hydrogen-bond donors (Lipinski definition) is 0. The lowest BCUT2D eigenvalue weighted by Crippen LogP contribution is -2.08. The van der Waals surface area contributed by atoms with Crippen LogP contribution in [0.2, 0.25) is 0 Å². The fraction of sp³-hybridized carbons (Fsp3) is 0.333. The minimum atomic E-state index is -0.808. The summed E-state index contributed by atoms with van der Waals surface area (Å²) < 4.78 is 25.0. The van der Waals surface area contributed by atoms with Gasteiger partial charge in [-0.15, -0.1) is 0 Å². The zero-order valence-electron chi connectivity index (χ0n) is 16.8. The maximum atomic E-state index is 13.6. The van der Waals surface area contributed by atoms with Gasteiger partial charge in [-0.2, -0.15) is 0 Å². The van der Waals surface area contributed by atoms with Gasteiger partial charge in [0, 0.05) is 12.0 Å². The smallest absolute Gasteiger partial charge is 0.159 e. The van der Waals surface area contributed by atoms with Crippen LogP contribution in [0.25, 0.3) is 11.4 Å². The van der Waals surface area contributed by atoms with Crippen molar-refractivity contribution in [1.29, 1.82) is 0 Å². The molecule has 1 heterocycles. The van der Waals surface area contributed by atoms with E-state index in [4.69, 9.17) is 9.47 Å². The lowest BCUT2D eigenvalue weighted by Gasteiger charge is -2.09. The van der Waals surface area contributed by atoms with Crippen LogP contribution in [0.5, 0.6) is 11.5 Å². The first kappa shape index (κ1) is 20.8. The first-order valence-corrected chi connectivity index (χ1v) is 10.1. The van der Waals surface area contributed by atoms with Crippen molar-refractivity contribution < 1.29 is 13.9 Å². The van der Waals surface area contributed by atoms with Gasteiger partial charge in [-0.3, -0.25) is 0 Å². The van der Waals surface area contributed by atoms with E-state index in [2.05, 4.69) is 16.9 Å². The van der Waals surface area contributed by atoms with E-state index in [1.165, 1.54) is 0 Å². The van der Waals surface area contributed by atoms with Crippen LogP contribution in [0.4, 0.5) is 4.39 Å². The lowest BCUT2D eigenvalue weighted by molar-refractivity contribution is 0.222. The van der Waals surface area contributed by atoms with Crippen LogP contribution in [-0.2, 0) is 6.61 Å². The van der Waals surface area contributed by atoms with Crippen molar-refractivity contribution in [3.63, 3.8) is 0 Å². The highest BCUT2D eigenvalue weighted by Gasteiger charge is 2.07. The van der Waals surface area contributed by atoms with Gasteiger partial charge in [0.1, 0.15) is 18.5 Å². The summed E-state index contributed by atoms with van der Waals surface area (Å²) in [4.78, 5) is 8.70. The molecular formula is C24H27FN2O2. The van der Waals surface area contributed by atoms with Gasteiger partial charge in [-0.25, -0.2) is 14.4 Å². The van der Waals surface area contributed by atoms with Gasteiger partial charge in [-0.1, -0.05) is 50.1 Å². The number of halogens is 1. The van der Waals surface area contributed by atoms with E-state index in [0.29, 0.717) is 37.6 Å². The van der Waals surface area contributed by atoms with Crippen molar-refractivity contribution in [2.45, 2.75) is 45.4 Å². The molecule has 0 amide bonds. The van der Waals surface area contributed by atoms with Crippen molar-refractivity contribution >= 4 is 0 Å². The Kier molecular flexibility index (Phi) is 7.99. The third-order valence-corrected chi connectivity index (χ3v) is 4.56. The summed E-state index contributed by atoms with van der Waals surface area (Å²) in [7, 11) is 0. The molecule has 0 saturated heterocycles. The van der Waals surface area contributed by atoms with Gasteiger partial charge in [-0.05, 0) is 36.2 Å². The zero-order valence-corrected chi connectivity index (χ0v) is 16.8. The maximum absolute atomic E-state index is 13.6. The highest BCUT2D eigenvalue weighted by molar-refractivity contribution is 5.56. The van der Waals surface area contributed by atoms with Gasteiger partial charge < -0.3 is 9.47 Å². The summed E-state index contributed by atoms with van der Waals surface area (Å²) in [5.41, 5.74) is 2.02. The first-order chi connectivity index (χ1) is 14.2. The molecule has 0 spiro atoms. The number of aromatic nitrogens is 2. The Morgan fingerprint density at radius 1 is 0.862 bits per heavy atom. The summed E-state index contributed by atoms with van der Waals surface area (Å²) in [6.45, 7) is 2.93. The second-order valence-corrected chi connectivity index (χ2v) is 6.92. The molecule has 2 aromatic carbocycles. The Morgan fingerprint density at radius 3 is 2.28 bits per heavy atom. The third kappa shape index (κ3) is 6.86. The molecule has 0 N–H and O–H groups in total. The van der Waals surface area contributed by atoms with Crippen LogP contribution in [0.1, 0.15) is 38.2 Å². The van der Waals surface area contributed by atoms with Crippen LogP contribution >= 0.6 is 0 Å². The molecular weight excluding hydrogens is 367 g/mol. The molecule has 0 aliphatic heterocycles. The second kappa shape index (κ2) is 11.1. The van der Waals surface area contributed by atoms with Gasteiger partial charge in [0.15, 0.2) is 11.6 Å². The Bertz CT molecular complexity index is 839. The predicted octanol–water partition coefficient (Wildman–Crippen LogP) is 6.02. The van der Waals surface area contributed by atoms with Gasteiger partial charge in [0.05, 0.1) is 19.0 Å². The number of hydrogen-bond acceptors (Lipinski definition) is 4. The summed E-state index contributed by atoms with van der Waals surface area (Å²) in [6, 6.07) is 17.7. The summed E-state index contributed by atoms with van der Waals surface area (Å²) in [5, 5.41) is 0. The summed E-state index contributed by atoms with van der Waals surface area (Å²) in [5.74, 6) is 1.96. The van der Waals surface area contributed by atoms with Gasteiger partial charge >= 0.3 is 0 Å². The Labute approximate surface area is 171 Å². The van der Waals surface area contributed by atoms with E-state index in [0.717, 1.165) is 29.7 Å². The van der Waals surface area contributed by atoms with Crippen LogP contribution in [0.3, 0.4) is 0 Å². The molecule has 1 aromatic heterocycles. The molecule has 3 rings (SSSR count). The highest BCUT2D eigenvalue weighted by atomic mass is 19.1. The number of alkyl halides is 1. The maximum Gasteiger partial charge on any atom is 0.159 e. The minimum Gasteiger partial charge on any atom is -0.490 e. The molecule has 0 radical (unpaired) electrons. The largest absolute Gasteiger partial charge is 0.490 e. The third-order valence-electron chi connectivity index (χ3n) is 4.56. The monoisotopic (exact) mass is 394 g/mol. The van der Waals surface area contributed by atoms with Gasteiger partial charge in [0.2, 0.25) is 0 Å². The van der Waals surface area contributed by atoms with Gasteiger partial charge in [0.25, 0.3) is 0 Å². The number of nitrogens with zero attached hydrogens (tertiary/aromatic N) is 2. The standard InChI is InChI=1S/C24H27FN2O2/c1-2-3-9-21(25)14-15-28-23-16-26-24(27-17-23)20-10-12-22(13-11-20)29-18-19-7-5-4-6-8-19/h4-8,10-13,16-17,21H,2-3,9,14-15,18H2,1H3/t21-/m1/s1. The SMILES string of the molecule is CCCC[C@@H](F)CCOc1cnc(-c2ccc(OCc3ccccc3)cc2)nc1. The summed E-state index contributed by atoms with van der Waals surface area (Å²) >= 11 is 0. The fourth-order valence-electron chi connectivity index (χ4n) is 2.86. The Hall–Kier alpha value is -2.95. The van der Waals surface area contributed by atoms with Crippen molar-refractivity contribution in [3.8, 4) is 22.9 Å². The molecule has 5 heteroatoms. The minimum absolute atomic E-state index is 0.334. The number of unbranched alkanes of at least 4 members (excludes halogenated alkanes) is 1. The molecule has 0 saturated carbocycles. The van der Waals surface area contributed by atoms with E-state index in [1.807, 2.05) is 54.6 Å². The number of ether oxygens (including phenoxy) is 2. The van der Waals surface area contributed by atoms with E-state index >= 15 is 0 Å². The predicted molar refractivity (Wildman–Crippen MR) is 113 cm³/mol. The Balaban J connectivity index is 1.48. The van der Waals surface area contributed by atoms with Crippen molar-refractivity contribution in [2.24, 2.45) is 0 Å². The van der Waals surface area contributed by atoms with Crippen LogP contribution in [0, 0.1) is 0 Å². The van der Waals surface area contributed by atoms with Crippen molar-refractivity contribution in [2.75, 3.05) is 6.61 Å². The summed E-state index contributed by atoms with van der Waals surface area (Å²) in [6.07, 6.45) is 5.36. The fourth-order valence-corrected chi connectivity index (χ4v) is 2.86. The molecule has 1 atom stereocenters. The molecule has 0 unspecified atom stereocenters. The lowest BCUT2D eigenvalue weighted by atomic mass is 10.1. The quantitative estimate of drug-likeness (QED) is 0.399. The molecule has 0 fully saturated rings. The molecule has 3 aromatic rings. The molecule has 29 heavy (non-hydrogen) atoms. The molecule has 0 bridgehead atoms. The number of rotatable bonds is 11. The zero-order chi connectivity index (χ0) is 20.3. The molecule has 152 valence electrons. The van der Waals surface area contributed by atoms with E-state index in [1.54, 1.807) is 12.4 Å². The Morgan fingerprint density at radius 2 is 1.59 bits per heavy atom. The first-order valence-electron chi connectivity index (χ1n) is 10.1. The average molecular weight is 394 g/mol. The topological polar surface area (TPSA) is 44.2 Å². The van der Waals surface area contributed by atoms with Crippen LogP contribution < -0.4 is 9.47 Å². The molecule has 0 aliphatic rings. The van der Waals surface area contributed by atoms with Crippen LogP contribution in [-0.4, -0.2) is 22.7 Å².